The third-order valence-corrected chi connectivity index (χ3v) is 5.65. The van der Waals surface area contributed by atoms with Crippen molar-refractivity contribution in [3.8, 4) is 6.07 Å². The van der Waals surface area contributed by atoms with E-state index >= 15 is 0 Å². The maximum atomic E-state index is 8.91. The van der Waals surface area contributed by atoms with Crippen molar-refractivity contribution in [2.45, 2.75) is 83.5 Å². The van der Waals surface area contributed by atoms with Gasteiger partial charge < -0.3 is 4.74 Å². The molecule has 0 N–H and O–H groups in total. The van der Waals surface area contributed by atoms with E-state index in [1.165, 1.54) is 69.8 Å². The number of rotatable bonds is 11. The van der Waals surface area contributed by atoms with Crippen molar-refractivity contribution in [2.75, 3.05) is 6.61 Å². The number of nitrogens with zero attached hydrogens (tertiary/aromatic N) is 1. The van der Waals surface area contributed by atoms with Crippen molar-refractivity contribution in [1.82, 2.24) is 0 Å². The summed E-state index contributed by atoms with van der Waals surface area (Å²) in [5.74, 6) is 1.59. The predicted octanol–water partition coefficient (Wildman–Crippen LogP) is 7.11. The smallest absolute Gasteiger partial charge is 0.0991 e. The van der Waals surface area contributed by atoms with Gasteiger partial charge in [0.1, 0.15) is 0 Å². The van der Waals surface area contributed by atoms with E-state index in [1.807, 2.05) is 18.4 Å². The van der Waals surface area contributed by atoms with E-state index in [-0.39, 0.29) is 0 Å². The molecule has 2 heteroatoms. The second kappa shape index (κ2) is 12.6. The highest BCUT2D eigenvalue weighted by atomic mass is 16.5. The largest absolute Gasteiger partial charge is 0.502 e. The Morgan fingerprint density at radius 1 is 1.04 bits per heavy atom. The second-order valence-corrected chi connectivity index (χ2v) is 7.69. The molecule has 0 saturated heterocycles. The summed E-state index contributed by atoms with van der Waals surface area (Å²) in [6.07, 6.45) is 18.2. The molecule has 0 bridgehead atoms. The summed E-state index contributed by atoms with van der Waals surface area (Å²) in [6.45, 7) is 3.10. The van der Waals surface area contributed by atoms with Gasteiger partial charge in [-0.25, -0.2) is 0 Å². The maximum absolute atomic E-state index is 8.91. The summed E-state index contributed by atoms with van der Waals surface area (Å²) in [5.41, 5.74) is 2.18. The molecular formula is C24H35NO. The monoisotopic (exact) mass is 353 g/mol. The van der Waals surface area contributed by atoms with Gasteiger partial charge in [-0.3, -0.25) is 0 Å². The number of nitriles is 1. The van der Waals surface area contributed by atoms with E-state index in [1.54, 1.807) is 0 Å². The van der Waals surface area contributed by atoms with Gasteiger partial charge in [-0.2, -0.15) is 5.26 Å². The van der Waals surface area contributed by atoms with Gasteiger partial charge in [-0.1, -0.05) is 38.3 Å². The molecule has 0 aromatic heterocycles. The first-order valence-corrected chi connectivity index (χ1v) is 10.6. The quantitative estimate of drug-likeness (QED) is 0.313. The summed E-state index contributed by atoms with van der Waals surface area (Å²) in [4.78, 5) is 0. The number of allylic oxidation sites excluding steroid dienone is 1. The fraction of sp³-hybridized carbons (Fsp3) is 0.625. The number of benzene rings is 1. The van der Waals surface area contributed by atoms with Crippen LogP contribution >= 0.6 is 0 Å². The second-order valence-electron chi connectivity index (χ2n) is 7.69. The highest BCUT2D eigenvalue weighted by molar-refractivity contribution is 5.33. The van der Waals surface area contributed by atoms with Crippen molar-refractivity contribution in [1.29, 1.82) is 5.26 Å². The van der Waals surface area contributed by atoms with Crippen molar-refractivity contribution in [3.63, 3.8) is 0 Å². The van der Waals surface area contributed by atoms with Crippen LogP contribution in [0.5, 0.6) is 0 Å². The summed E-state index contributed by atoms with van der Waals surface area (Å²) in [5, 5.41) is 8.91. The number of ether oxygens (including phenoxy) is 1. The molecule has 1 aliphatic rings. The lowest BCUT2D eigenvalue weighted by Crippen LogP contribution is -2.13. The fourth-order valence-electron chi connectivity index (χ4n) is 3.95. The topological polar surface area (TPSA) is 33.0 Å². The summed E-state index contributed by atoms with van der Waals surface area (Å²) >= 11 is 0. The molecule has 2 nitrogen and oxygen atoms in total. The number of unbranched alkanes of at least 4 members (excludes halogenated alkanes) is 4. The normalized spacial score (nSPS) is 20.2. The summed E-state index contributed by atoms with van der Waals surface area (Å²) < 4.78 is 5.59. The molecule has 1 aliphatic carbocycles. The molecule has 0 aliphatic heterocycles. The fourth-order valence-corrected chi connectivity index (χ4v) is 3.95. The van der Waals surface area contributed by atoms with Gasteiger partial charge in [0, 0.05) is 0 Å². The van der Waals surface area contributed by atoms with Crippen LogP contribution in [-0.4, -0.2) is 6.61 Å². The van der Waals surface area contributed by atoms with Gasteiger partial charge >= 0.3 is 0 Å². The average Bonchev–Trinajstić information content (AvgIpc) is 2.70. The zero-order chi connectivity index (χ0) is 18.5. The maximum Gasteiger partial charge on any atom is 0.0991 e. The molecule has 1 aromatic rings. The average molecular weight is 354 g/mol. The van der Waals surface area contributed by atoms with Crippen molar-refractivity contribution in [3.05, 3.63) is 47.7 Å². The third kappa shape index (κ3) is 7.65. The van der Waals surface area contributed by atoms with Crippen LogP contribution in [0.1, 0.15) is 94.6 Å². The lowest BCUT2D eigenvalue weighted by atomic mass is 9.77. The molecule has 0 spiro atoms. The minimum absolute atomic E-state index is 0.695. The zero-order valence-electron chi connectivity index (χ0n) is 16.5. The highest BCUT2D eigenvalue weighted by Crippen LogP contribution is 2.37. The molecule has 1 fully saturated rings. The Balaban J connectivity index is 1.52. The standard InChI is InChI=1S/C24H35NO/c1-2-3-4-5-7-18-26-19-8-6-9-21-10-14-23(15-11-21)24-16-12-22(20-25)13-17-24/h7,12-13,16-18,21,23H,2-6,8-11,14-15,19H2,1H3. The Kier molecular flexibility index (Phi) is 9.95. The molecule has 0 unspecified atom stereocenters. The molecule has 0 heterocycles. The first kappa shape index (κ1) is 20.6. The van der Waals surface area contributed by atoms with E-state index < -0.39 is 0 Å². The lowest BCUT2D eigenvalue weighted by molar-refractivity contribution is 0.230. The van der Waals surface area contributed by atoms with Gasteiger partial charge in [0.25, 0.3) is 0 Å². The molecule has 2 rings (SSSR count). The van der Waals surface area contributed by atoms with Crippen molar-refractivity contribution in [2.24, 2.45) is 5.92 Å². The summed E-state index contributed by atoms with van der Waals surface area (Å²) in [6, 6.07) is 10.4. The van der Waals surface area contributed by atoms with Crippen LogP contribution in [0.25, 0.3) is 0 Å². The van der Waals surface area contributed by atoms with Crippen LogP contribution < -0.4 is 0 Å². The van der Waals surface area contributed by atoms with Crippen LogP contribution in [0.4, 0.5) is 0 Å². The van der Waals surface area contributed by atoms with Crippen molar-refractivity contribution >= 4 is 0 Å². The molecule has 142 valence electrons. The molecule has 0 amide bonds. The van der Waals surface area contributed by atoms with E-state index in [0.29, 0.717) is 5.92 Å². The Morgan fingerprint density at radius 3 is 2.50 bits per heavy atom. The highest BCUT2D eigenvalue weighted by Gasteiger charge is 2.21. The Bertz CT molecular complexity index is 547. The SMILES string of the molecule is CCCCCC=COCCCCC1CCC(c2ccc(C#N)cc2)CC1. The van der Waals surface area contributed by atoms with E-state index in [2.05, 4.69) is 31.2 Å². The minimum atomic E-state index is 0.695. The molecular weight excluding hydrogens is 318 g/mol. The lowest BCUT2D eigenvalue weighted by Gasteiger charge is -2.28. The van der Waals surface area contributed by atoms with Gasteiger partial charge in [0.2, 0.25) is 0 Å². The minimum Gasteiger partial charge on any atom is -0.502 e. The predicted molar refractivity (Wildman–Crippen MR) is 109 cm³/mol. The van der Waals surface area contributed by atoms with Crippen LogP contribution in [0.2, 0.25) is 0 Å². The van der Waals surface area contributed by atoms with E-state index in [4.69, 9.17) is 10.00 Å². The molecule has 0 atom stereocenters. The van der Waals surface area contributed by atoms with Crippen LogP contribution in [0.15, 0.2) is 36.6 Å². The van der Waals surface area contributed by atoms with Gasteiger partial charge in [-0.15, -0.1) is 0 Å². The zero-order valence-corrected chi connectivity index (χ0v) is 16.5. The molecule has 1 aromatic carbocycles. The van der Waals surface area contributed by atoms with Crippen LogP contribution in [0.3, 0.4) is 0 Å². The van der Waals surface area contributed by atoms with Crippen LogP contribution in [-0.2, 0) is 4.74 Å². The Labute approximate surface area is 160 Å². The van der Waals surface area contributed by atoms with Gasteiger partial charge in [-0.05, 0) is 87.0 Å². The first-order valence-electron chi connectivity index (χ1n) is 10.6. The molecule has 1 saturated carbocycles. The third-order valence-electron chi connectivity index (χ3n) is 5.65. The summed E-state index contributed by atoms with van der Waals surface area (Å²) in [7, 11) is 0. The van der Waals surface area contributed by atoms with E-state index in [9.17, 15) is 0 Å². The van der Waals surface area contributed by atoms with Gasteiger partial charge in [0.15, 0.2) is 0 Å². The van der Waals surface area contributed by atoms with Crippen molar-refractivity contribution < 1.29 is 4.74 Å². The van der Waals surface area contributed by atoms with Gasteiger partial charge in [0.05, 0.1) is 24.5 Å². The Morgan fingerprint density at radius 2 is 1.81 bits per heavy atom. The molecule has 26 heavy (non-hydrogen) atoms. The van der Waals surface area contributed by atoms with E-state index in [0.717, 1.165) is 24.5 Å². The number of hydrogen-bond donors (Lipinski definition) is 0. The molecule has 0 radical (unpaired) electrons. The first-order chi connectivity index (χ1) is 12.8. The number of hydrogen-bond acceptors (Lipinski definition) is 2. The van der Waals surface area contributed by atoms with Crippen LogP contribution in [0, 0.1) is 17.2 Å². The Hall–Kier alpha value is -1.75.